The van der Waals surface area contributed by atoms with Crippen molar-refractivity contribution in [2.75, 3.05) is 13.2 Å². The first-order chi connectivity index (χ1) is 11.0. The summed E-state index contributed by atoms with van der Waals surface area (Å²) < 4.78 is 5.69. The molecule has 23 heavy (non-hydrogen) atoms. The monoisotopic (exact) mass is 314 g/mol. The van der Waals surface area contributed by atoms with Crippen LogP contribution in [0.4, 0.5) is 0 Å². The molecule has 1 aromatic rings. The third-order valence-corrected chi connectivity index (χ3v) is 4.98. The quantitative estimate of drug-likeness (QED) is 0.592. The number of allylic oxidation sites excluding steroid dienone is 2. The van der Waals surface area contributed by atoms with Crippen LogP contribution < -0.4 is 0 Å². The fourth-order valence-electron chi connectivity index (χ4n) is 3.45. The molecule has 0 radical (unpaired) electrons. The molecule has 0 N–H and O–H groups in total. The van der Waals surface area contributed by atoms with Gasteiger partial charge in [0.05, 0.1) is 0 Å². The van der Waals surface area contributed by atoms with Gasteiger partial charge >= 0.3 is 0 Å². The Labute approximate surface area is 143 Å². The lowest BCUT2D eigenvalue weighted by atomic mass is 9.84. The topological polar surface area (TPSA) is 9.23 Å². The van der Waals surface area contributed by atoms with E-state index in [9.17, 15) is 0 Å². The van der Waals surface area contributed by atoms with Gasteiger partial charge in [0, 0.05) is 13.2 Å². The second kappa shape index (κ2) is 8.68. The zero-order chi connectivity index (χ0) is 16.7. The Hall–Kier alpha value is -1.08. The minimum atomic E-state index is 0.238. The zero-order valence-corrected chi connectivity index (χ0v) is 15.5. The Kier molecular flexibility index (Phi) is 6.89. The van der Waals surface area contributed by atoms with E-state index in [-0.39, 0.29) is 5.41 Å². The van der Waals surface area contributed by atoms with E-state index in [4.69, 9.17) is 4.74 Å². The van der Waals surface area contributed by atoms with Gasteiger partial charge in [-0.1, -0.05) is 70.5 Å². The smallest absolute Gasteiger partial charge is 0.0499 e. The summed E-state index contributed by atoms with van der Waals surface area (Å²) in [6.07, 6.45) is 11.0. The highest BCUT2D eigenvalue weighted by Crippen LogP contribution is 2.27. The Bertz CT molecular complexity index is 472. The summed E-state index contributed by atoms with van der Waals surface area (Å²) >= 11 is 0. The Morgan fingerprint density at radius 3 is 2.52 bits per heavy atom. The maximum Gasteiger partial charge on any atom is 0.0499 e. The van der Waals surface area contributed by atoms with Crippen LogP contribution in [0.3, 0.4) is 0 Å². The molecule has 1 nitrogen and oxygen atoms in total. The highest BCUT2D eigenvalue weighted by Gasteiger charge is 2.21. The van der Waals surface area contributed by atoms with E-state index in [1.54, 1.807) is 0 Å². The molecule has 2 atom stereocenters. The summed E-state index contributed by atoms with van der Waals surface area (Å²) in [4.78, 5) is 0. The van der Waals surface area contributed by atoms with Gasteiger partial charge in [-0.05, 0) is 54.1 Å². The highest BCUT2D eigenvalue weighted by molar-refractivity contribution is 5.28. The van der Waals surface area contributed by atoms with Crippen molar-refractivity contribution >= 4 is 0 Å². The molecule has 1 aliphatic rings. The Balaban J connectivity index is 1.92. The van der Waals surface area contributed by atoms with Crippen molar-refractivity contribution in [1.82, 2.24) is 0 Å². The first-order valence-corrected chi connectivity index (χ1v) is 9.34. The second-order valence-electron chi connectivity index (χ2n) is 8.01. The Morgan fingerprint density at radius 1 is 1.22 bits per heavy atom. The third-order valence-electron chi connectivity index (χ3n) is 4.98. The first-order valence-electron chi connectivity index (χ1n) is 9.34. The van der Waals surface area contributed by atoms with Crippen molar-refractivity contribution < 1.29 is 4.74 Å². The van der Waals surface area contributed by atoms with Crippen LogP contribution in [-0.2, 0) is 16.6 Å². The van der Waals surface area contributed by atoms with E-state index in [2.05, 4.69) is 64.1 Å². The SMILES string of the molecule is CCCC(C=CCc1ccc(C(C)(C)C)cc1)C1CCCOC1. The molecule has 0 spiro atoms. The summed E-state index contributed by atoms with van der Waals surface area (Å²) in [6, 6.07) is 9.12. The van der Waals surface area contributed by atoms with Crippen LogP contribution in [-0.4, -0.2) is 13.2 Å². The first kappa shape index (κ1) is 18.3. The lowest BCUT2D eigenvalue weighted by Gasteiger charge is -2.28. The van der Waals surface area contributed by atoms with Crippen molar-refractivity contribution in [2.24, 2.45) is 11.8 Å². The summed E-state index contributed by atoms with van der Waals surface area (Å²) in [5, 5.41) is 0. The van der Waals surface area contributed by atoms with Crippen LogP contribution in [0.1, 0.15) is 64.5 Å². The van der Waals surface area contributed by atoms with Crippen LogP contribution in [0.5, 0.6) is 0 Å². The van der Waals surface area contributed by atoms with Crippen molar-refractivity contribution in [1.29, 1.82) is 0 Å². The van der Waals surface area contributed by atoms with Gasteiger partial charge in [0.1, 0.15) is 0 Å². The number of rotatable bonds is 6. The van der Waals surface area contributed by atoms with E-state index in [1.807, 2.05) is 0 Å². The van der Waals surface area contributed by atoms with Crippen molar-refractivity contribution in [3.63, 3.8) is 0 Å². The summed E-state index contributed by atoms with van der Waals surface area (Å²) in [6.45, 7) is 11.0. The van der Waals surface area contributed by atoms with Crippen molar-refractivity contribution in [3.05, 3.63) is 47.5 Å². The van der Waals surface area contributed by atoms with E-state index >= 15 is 0 Å². The van der Waals surface area contributed by atoms with Crippen molar-refractivity contribution in [2.45, 2.75) is 65.2 Å². The average Bonchev–Trinajstić information content (AvgIpc) is 2.54. The molecule has 0 amide bonds. The minimum Gasteiger partial charge on any atom is -0.381 e. The molecule has 2 rings (SSSR count). The van der Waals surface area contributed by atoms with Crippen LogP contribution >= 0.6 is 0 Å². The van der Waals surface area contributed by atoms with Gasteiger partial charge in [-0.15, -0.1) is 0 Å². The molecule has 1 fully saturated rings. The number of ether oxygens (including phenoxy) is 1. The van der Waals surface area contributed by atoms with Gasteiger partial charge in [0.2, 0.25) is 0 Å². The molecule has 128 valence electrons. The predicted molar refractivity (Wildman–Crippen MR) is 99.9 cm³/mol. The normalized spacial score (nSPS) is 20.8. The molecular weight excluding hydrogens is 280 g/mol. The molecule has 1 saturated heterocycles. The molecule has 0 bridgehead atoms. The van der Waals surface area contributed by atoms with Gasteiger partial charge < -0.3 is 4.74 Å². The van der Waals surface area contributed by atoms with Gasteiger partial charge in [0.25, 0.3) is 0 Å². The third kappa shape index (κ3) is 5.80. The van der Waals surface area contributed by atoms with Gasteiger partial charge in [-0.3, -0.25) is 0 Å². The lowest BCUT2D eigenvalue weighted by Crippen LogP contribution is -2.24. The van der Waals surface area contributed by atoms with Crippen LogP contribution in [0.25, 0.3) is 0 Å². The fraction of sp³-hybridized carbons (Fsp3) is 0.636. The van der Waals surface area contributed by atoms with E-state index in [1.165, 1.54) is 36.8 Å². The van der Waals surface area contributed by atoms with Gasteiger partial charge in [-0.25, -0.2) is 0 Å². The molecule has 0 aromatic heterocycles. The number of hydrogen-bond donors (Lipinski definition) is 0. The maximum absolute atomic E-state index is 5.69. The summed E-state index contributed by atoms with van der Waals surface area (Å²) in [5.74, 6) is 1.41. The van der Waals surface area contributed by atoms with E-state index in [0.29, 0.717) is 5.92 Å². The number of benzene rings is 1. The fourth-order valence-corrected chi connectivity index (χ4v) is 3.45. The maximum atomic E-state index is 5.69. The summed E-state index contributed by atoms with van der Waals surface area (Å²) in [7, 11) is 0. The molecular formula is C22H34O. The second-order valence-corrected chi connectivity index (χ2v) is 8.01. The van der Waals surface area contributed by atoms with Crippen LogP contribution in [0.15, 0.2) is 36.4 Å². The summed E-state index contributed by atoms with van der Waals surface area (Å²) in [5.41, 5.74) is 3.06. The predicted octanol–water partition coefficient (Wildman–Crippen LogP) is 5.93. The van der Waals surface area contributed by atoms with E-state index in [0.717, 1.165) is 25.6 Å². The van der Waals surface area contributed by atoms with Gasteiger partial charge in [0.15, 0.2) is 0 Å². The molecule has 0 saturated carbocycles. The minimum absolute atomic E-state index is 0.238. The molecule has 2 unspecified atom stereocenters. The van der Waals surface area contributed by atoms with Gasteiger partial charge in [-0.2, -0.15) is 0 Å². The van der Waals surface area contributed by atoms with E-state index < -0.39 is 0 Å². The molecule has 1 heterocycles. The van der Waals surface area contributed by atoms with Crippen LogP contribution in [0, 0.1) is 11.8 Å². The molecule has 1 heteroatoms. The van der Waals surface area contributed by atoms with Crippen molar-refractivity contribution in [3.8, 4) is 0 Å². The highest BCUT2D eigenvalue weighted by atomic mass is 16.5. The average molecular weight is 315 g/mol. The largest absolute Gasteiger partial charge is 0.381 e. The Morgan fingerprint density at radius 2 is 1.96 bits per heavy atom. The molecule has 0 aliphatic carbocycles. The zero-order valence-electron chi connectivity index (χ0n) is 15.5. The lowest BCUT2D eigenvalue weighted by molar-refractivity contribution is 0.0375. The molecule has 1 aliphatic heterocycles. The number of hydrogen-bond acceptors (Lipinski definition) is 1. The standard InChI is InChI=1S/C22H34O/c1-5-8-19(20-11-7-16-23-17-20)10-6-9-18-12-14-21(15-13-18)22(2,3)4/h6,10,12-15,19-20H,5,7-9,11,16-17H2,1-4H3. The molecule has 1 aromatic carbocycles. The van der Waals surface area contributed by atoms with Crippen LogP contribution in [0.2, 0.25) is 0 Å².